The summed E-state index contributed by atoms with van der Waals surface area (Å²) in [5.74, 6) is -0.850. The van der Waals surface area contributed by atoms with Gasteiger partial charge in [0.2, 0.25) is 0 Å². The topological polar surface area (TPSA) is 12.0 Å². The van der Waals surface area contributed by atoms with E-state index in [2.05, 4.69) is 5.32 Å². The molecule has 0 aromatic heterocycles. The molecule has 13 heavy (non-hydrogen) atoms. The van der Waals surface area contributed by atoms with E-state index in [0.717, 1.165) is 12.1 Å². The van der Waals surface area contributed by atoms with E-state index < -0.39 is 17.8 Å². The van der Waals surface area contributed by atoms with E-state index in [1.807, 2.05) is 14.1 Å². The maximum Gasteiger partial charge on any atom is 0.266 e. The molecular formula is C9H12F3N. The number of alkyl halides is 2. The minimum absolute atomic E-state index is 0.539. The molecule has 1 aromatic carbocycles. The number of halogens is 3. The normalized spacial score (nSPS) is 9.38. The molecule has 4 heteroatoms. The highest BCUT2D eigenvalue weighted by atomic mass is 19.3. The molecule has 0 aliphatic rings. The molecule has 0 unspecified atom stereocenters. The fraction of sp³-hybridized carbons (Fsp3) is 0.333. The van der Waals surface area contributed by atoms with Crippen LogP contribution in [-0.4, -0.2) is 14.1 Å². The first-order valence-corrected chi connectivity index (χ1v) is 3.74. The van der Waals surface area contributed by atoms with Gasteiger partial charge in [-0.3, -0.25) is 0 Å². The van der Waals surface area contributed by atoms with Gasteiger partial charge in [-0.05, 0) is 20.2 Å². The lowest BCUT2D eigenvalue weighted by molar-refractivity contribution is 0.146. The van der Waals surface area contributed by atoms with Crippen molar-refractivity contribution in [1.82, 2.24) is 5.32 Å². The summed E-state index contributed by atoms with van der Waals surface area (Å²) in [6.07, 6.45) is -2.72. The Balaban J connectivity index is 0.000000424. The van der Waals surface area contributed by atoms with Crippen LogP contribution in [0.2, 0.25) is 0 Å². The standard InChI is InChI=1S/C7H5F3.C2H7N/c8-6-4-2-1-3-5(6)7(9)10;1-3-2/h1-4,7H;3H,1-2H3. The second-order valence-corrected chi connectivity index (χ2v) is 2.32. The summed E-state index contributed by atoms with van der Waals surface area (Å²) in [6.45, 7) is 0. The zero-order valence-corrected chi connectivity index (χ0v) is 7.52. The molecule has 0 radical (unpaired) electrons. The highest BCUT2D eigenvalue weighted by Gasteiger charge is 2.10. The molecule has 1 nitrogen and oxygen atoms in total. The van der Waals surface area contributed by atoms with Crippen molar-refractivity contribution in [1.29, 1.82) is 0 Å². The monoisotopic (exact) mass is 191 g/mol. The van der Waals surface area contributed by atoms with E-state index in [1.165, 1.54) is 12.1 Å². The van der Waals surface area contributed by atoms with Crippen LogP contribution in [0.3, 0.4) is 0 Å². The summed E-state index contributed by atoms with van der Waals surface area (Å²) in [7, 11) is 3.75. The Morgan fingerprint density at radius 2 is 1.62 bits per heavy atom. The summed E-state index contributed by atoms with van der Waals surface area (Å²) < 4.78 is 35.9. The summed E-state index contributed by atoms with van der Waals surface area (Å²) >= 11 is 0. The lowest BCUT2D eigenvalue weighted by Crippen LogP contribution is -1.89. The third kappa shape index (κ3) is 4.52. The maximum absolute atomic E-state index is 12.4. The van der Waals surface area contributed by atoms with Crippen LogP contribution in [0.5, 0.6) is 0 Å². The average molecular weight is 191 g/mol. The predicted octanol–water partition coefficient (Wildman–Crippen LogP) is 2.60. The van der Waals surface area contributed by atoms with Crippen LogP contribution in [0.25, 0.3) is 0 Å². The van der Waals surface area contributed by atoms with Crippen molar-refractivity contribution in [3.8, 4) is 0 Å². The summed E-state index contributed by atoms with van der Waals surface area (Å²) in [5.41, 5.74) is -0.539. The fourth-order valence-corrected chi connectivity index (χ4v) is 0.652. The molecule has 74 valence electrons. The molecule has 0 atom stereocenters. The Labute approximate surface area is 75.6 Å². The molecular weight excluding hydrogens is 179 g/mol. The van der Waals surface area contributed by atoms with Crippen molar-refractivity contribution in [2.24, 2.45) is 0 Å². The molecule has 0 fully saturated rings. The molecule has 0 bridgehead atoms. The summed E-state index contributed by atoms with van der Waals surface area (Å²) in [5, 5.41) is 2.75. The number of hydrogen-bond acceptors (Lipinski definition) is 1. The molecule has 0 amide bonds. The smallest absolute Gasteiger partial charge is 0.266 e. The molecule has 0 spiro atoms. The van der Waals surface area contributed by atoms with Crippen LogP contribution in [0.4, 0.5) is 13.2 Å². The number of benzene rings is 1. The molecule has 0 heterocycles. The Kier molecular flexibility index (Phi) is 5.97. The van der Waals surface area contributed by atoms with Gasteiger partial charge in [-0.1, -0.05) is 18.2 Å². The highest BCUT2D eigenvalue weighted by molar-refractivity contribution is 5.17. The number of rotatable bonds is 1. The second kappa shape index (κ2) is 6.48. The van der Waals surface area contributed by atoms with Crippen molar-refractivity contribution in [2.45, 2.75) is 6.43 Å². The maximum atomic E-state index is 12.4. The van der Waals surface area contributed by atoms with Gasteiger partial charge in [-0.25, -0.2) is 13.2 Å². The third-order valence-corrected chi connectivity index (χ3v) is 1.14. The van der Waals surface area contributed by atoms with Crippen LogP contribution in [0.15, 0.2) is 24.3 Å². The molecule has 0 saturated heterocycles. The molecule has 1 aromatic rings. The van der Waals surface area contributed by atoms with Crippen molar-refractivity contribution < 1.29 is 13.2 Å². The van der Waals surface area contributed by atoms with E-state index in [4.69, 9.17) is 0 Å². The lowest BCUT2D eigenvalue weighted by atomic mass is 10.2. The molecule has 1 rings (SSSR count). The van der Waals surface area contributed by atoms with Gasteiger partial charge in [-0.2, -0.15) is 0 Å². The molecule has 1 N–H and O–H groups in total. The van der Waals surface area contributed by atoms with Crippen LogP contribution in [0, 0.1) is 5.82 Å². The highest BCUT2D eigenvalue weighted by Crippen LogP contribution is 2.20. The fourth-order valence-electron chi connectivity index (χ4n) is 0.652. The van der Waals surface area contributed by atoms with Gasteiger partial charge in [-0.15, -0.1) is 0 Å². The Bertz CT molecular complexity index is 238. The van der Waals surface area contributed by atoms with Gasteiger partial charge >= 0.3 is 0 Å². The minimum Gasteiger partial charge on any atom is -0.323 e. The van der Waals surface area contributed by atoms with Gasteiger partial charge in [0.25, 0.3) is 6.43 Å². The van der Waals surface area contributed by atoms with Gasteiger partial charge in [0, 0.05) is 0 Å². The van der Waals surface area contributed by atoms with Gasteiger partial charge in [0.15, 0.2) is 0 Å². The van der Waals surface area contributed by atoms with Crippen molar-refractivity contribution >= 4 is 0 Å². The van der Waals surface area contributed by atoms with E-state index in [-0.39, 0.29) is 0 Å². The zero-order chi connectivity index (χ0) is 10.3. The van der Waals surface area contributed by atoms with Crippen LogP contribution < -0.4 is 5.32 Å². The molecule has 0 aliphatic heterocycles. The van der Waals surface area contributed by atoms with Crippen LogP contribution in [-0.2, 0) is 0 Å². The van der Waals surface area contributed by atoms with Crippen LogP contribution >= 0.6 is 0 Å². The quantitative estimate of drug-likeness (QED) is 0.719. The van der Waals surface area contributed by atoms with Crippen molar-refractivity contribution in [2.75, 3.05) is 14.1 Å². The first kappa shape index (κ1) is 12.0. The van der Waals surface area contributed by atoms with E-state index in [0.29, 0.717) is 0 Å². The largest absolute Gasteiger partial charge is 0.323 e. The zero-order valence-electron chi connectivity index (χ0n) is 7.52. The Morgan fingerprint density at radius 3 is 1.92 bits per heavy atom. The van der Waals surface area contributed by atoms with Gasteiger partial charge in [0.05, 0.1) is 5.56 Å². The first-order valence-electron chi connectivity index (χ1n) is 3.74. The SMILES string of the molecule is CNC.Fc1ccccc1C(F)F. The minimum atomic E-state index is -2.72. The van der Waals surface area contributed by atoms with Gasteiger partial charge < -0.3 is 5.32 Å². The lowest BCUT2D eigenvalue weighted by Gasteiger charge is -1.98. The third-order valence-electron chi connectivity index (χ3n) is 1.14. The van der Waals surface area contributed by atoms with Crippen molar-refractivity contribution in [3.05, 3.63) is 35.6 Å². The van der Waals surface area contributed by atoms with Crippen LogP contribution in [0.1, 0.15) is 12.0 Å². The van der Waals surface area contributed by atoms with E-state index in [1.54, 1.807) is 0 Å². The van der Waals surface area contributed by atoms with E-state index >= 15 is 0 Å². The first-order chi connectivity index (χ1) is 6.13. The predicted molar refractivity (Wildman–Crippen MR) is 46.3 cm³/mol. The summed E-state index contributed by atoms with van der Waals surface area (Å²) in [4.78, 5) is 0. The van der Waals surface area contributed by atoms with E-state index in [9.17, 15) is 13.2 Å². The molecule has 0 saturated carbocycles. The Hall–Kier alpha value is -1.03. The number of nitrogens with one attached hydrogen (secondary N) is 1. The van der Waals surface area contributed by atoms with Crippen molar-refractivity contribution in [3.63, 3.8) is 0 Å². The summed E-state index contributed by atoms with van der Waals surface area (Å²) in [6, 6.07) is 4.84. The second-order valence-electron chi connectivity index (χ2n) is 2.32. The molecule has 0 aliphatic carbocycles. The number of hydrogen-bond donors (Lipinski definition) is 1. The Morgan fingerprint density at radius 1 is 1.15 bits per heavy atom. The van der Waals surface area contributed by atoms with Gasteiger partial charge in [0.1, 0.15) is 5.82 Å². The average Bonchev–Trinajstić information content (AvgIpc) is 2.06.